The van der Waals surface area contributed by atoms with Gasteiger partial charge in [0.25, 0.3) is 0 Å². The largest absolute Gasteiger partial charge is 0.421 e. The maximum absolute atomic E-state index is 12.1. The van der Waals surface area contributed by atoms with Crippen molar-refractivity contribution < 1.29 is 4.79 Å². The Kier molecular flexibility index (Phi) is 2.50. The number of urea groups is 1. The van der Waals surface area contributed by atoms with E-state index in [0.717, 1.165) is 18.8 Å². The summed E-state index contributed by atoms with van der Waals surface area (Å²) in [7, 11) is 1.98. The Morgan fingerprint density at radius 3 is 2.50 bits per heavy atom. The average molecular weight is 219 g/mol. The first-order valence-electron chi connectivity index (χ1n) is 5.64. The van der Waals surface area contributed by atoms with Crippen molar-refractivity contribution in [3.8, 4) is 0 Å². The van der Waals surface area contributed by atoms with Gasteiger partial charge in [-0.2, -0.15) is 0 Å². The molecule has 0 radical (unpaired) electrons. The van der Waals surface area contributed by atoms with Gasteiger partial charge < -0.3 is 5.32 Å². The standard InChI is InChI=1S/C13H18N2O/c1-13(2)9-14-12(16)15(3,10-13)11-7-5-4-6-8-11/h4-8H,9-10H2,1-3H3/p+1. The molecule has 0 spiro atoms. The van der Waals surface area contributed by atoms with Crippen LogP contribution in [0.1, 0.15) is 13.8 Å². The molecule has 1 N–H and O–H groups in total. The first-order valence-corrected chi connectivity index (χ1v) is 5.64. The van der Waals surface area contributed by atoms with Crippen LogP contribution in [0.3, 0.4) is 0 Å². The normalized spacial score (nSPS) is 28.6. The molecule has 1 atom stereocenters. The van der Waals surface area contributed by atoms with Crippen LogP contribution in [0.15, 0.2) is 30.3 Å². The van der Waals surface area contributed by atoms with Gasteiger partial charge in [-0.3, -0.25) is 0 Å². The van der Waals surface area contributed by atoms with Crippen LogP contribution < -0.4 is 9.80 Å². The number of hydrogen-bond donors (Lipinski definition) is 1. The summed E-state index contributed by atoms with van der Waals surface area (Å²) in [6, 6.07) is 10.1. The molecule has 1 heterocycles. The topological polar surface area (TPSA) is 29.1 Å². The Labute approximate surface area is 96.7 Å². The molecule has 0 aromatic heterocycles. The molecule has 0 saturated carbocycles. The van der Waals surface area contributed by atoms with Crippen molar-refractivity contribution >= 4 is 11.7 Å². The first kappa shape index (κ1) is 11.1. The van der Waals surface area contributed by atoms with Crippen molar-refractivity contribution in [3.05, 3.63) is 30.3 Å². The number of hydrogen-bond acceptors (Lipinski definition) is 1. The molecule has 2 rings (SSSR count). The fourth-order valence-electron chi connectivity index (χ4n) is 2.44. The van der Waals surface area contributed by atoms with Crippen LogP contribution in [0.4, 0.5) is 10.5 Å². The SMILES string of the molecule is CC1(C)CNC(=O)[N+](C)(c2ccccc2)C1. The minimum Gasteiger partial charge on any atom is -0.304 e. The third-order valence-electron chi connectivity index (χ3n) is 3.24. The maximum atomic E-state index is 12.1. The van der Waals surface area contributed by atoms with Crippen LogP contribution in [0.5, 0.6) is 0 Å². The van der Waals surface area contributed by atoms with Crippen LogP contribution in [-0.2, 0) is 0 Å². The zero-order chi connectivity index (χ0) is 11.8. The summed E-state index contributed by atoms with van der Waals surface area (Å²) >= 11 is 0. The number of carbonyl (C=O) groups excluding carboxylic acids is 1. The smallest absolute Gasteiger partial charge is 0.304 e. The van der Waals surface area contributed by atoms with Gasteiger partial charge in [0.2, 0.25) is 0 Å². The minimum absolute atomic E-state index is 0.0884. The average Bonchev–Trinajstić information content (AvgIpc) is 2.25. The van der Waals surface area contributed by atoms with Crippen LogP contribution >= 0.6 is 0 Å². The van der Waals surface area contributed by atoms with Gasteiger partial charge >= 0.3 is 6.03 Å². The summed E-state index contributed by atoms with van der Waals surface area (Å²) in [6.45, 7) is 5.97. The van der Waals surface area contributed by atoms with Crippen molar-refractivity contribution in [1.29, 1.82) is 0 Å². The fourth-order valence-corrected chi connectivity index (χ4v) is 2.44. The molecule has 86 valence electrons. The van der Waals surface area contributed by atoms with E-state index >= 15 is 0 Å². The van der Waals surface area contributed by atoms with Crippen LogP contribution in [0.2, 0.25) is 0 Å². The van der Waals surface area contributed by atoms with E-state index in [4.69, 9.17) is 0 Å². The van der Waals surface area contributed by atoms with E-state index in [1.165, 1.54) is 0 Å². The van der Waals surface area contributed by atoms with Gasteiger partial charge in [0, 0.05) is 12.0 Å². The van der Waals surface area contributed by atoms with E-state index in [9.17, 15) is 4.79 Å². The molecule has 1 aliphatic heterocycles. The molecule has 0 aliphatic carbocycles. The Morgan fingerprint density at radius 1 is 1.25 bits per heavy atom. The van der Waals surface area contributed by atoms with E-state index in [1.54, 1.807) is 0 Å². The lowest BCUT2D eigenvalue weighted by Gasteiger charge is -2.42. The quantitative estimate of drug-likeness (QED) is 0.722. The molecule has 2 amide bonds. The number of para-hydroxylation sites is 1. The van der Waals surface area contributed by atoms with E-state index in [2.05, 4.69) is 19.2 Å². The zero-order valence-corrected chi connectivity index (χ0v) is 10.2. The van der Waals surface area contributed by atoms with Crippen LogP contribution in [0, 0.1) is 5.41 Å². The predicted molar refractivity (Wildman–Crippen MR) is 66.2 cm³/mol. The van der Waals surface area contributed by atoms with E-state index in [-0.39, 0.29) is 11.4 Å². The van der Waals surface area contributed by atoms with E-state index in [1.807, 2.05) is 37.4 Å². The highest BCUT2D eigenvalue weighted by atomic mass is 16.2. The molecule has 1 fully saturated rings. The molecule has 1 aliphatic rings. The van der Waals surface area contributed by atoms with Crippen molar-refractivity contribution in [2.75, 3.05) is 20.1 Å². The molecular weight excluding hydrogens is 200 g/mol. The van der Waals surface area contributed by atoms with Crippen molar-refractivity contribution in [1.82, 2.24) is 9.80 Å². The van der Waals surface area contributed by atoms with Gasteiger partial charge in [-0.15, -0.1) is 0 Å². The molecule has 3 heteroatoms. The van der Waals surface area contributed by atoms with Crippen LogP contribution in [0.25, 0.3) is 0 Å². The number of carbonyl (C=O) groups is 1. The molecule has 3 nitrogen and oxygen atoms in total. The third-order valence-corrected chi connectivity index (χ3v) is 3.24. The molecule has 1 aromatic carbocycles. The van der Waals surface area contributed by atoms with Crippen molar-refractivity contribution in [3.63, 3.8) is 0 Å². The van der Waals surface area contributed by atoms with Gasteiger partial charge in [0.1, 0.15) is 5.69 Å². The summed E-state index contributed by atoms with van der Waals surface area (Å²) < 4.78 is 0.341. The second-order valence-corrected chi connectivity index (χ2v) is 5.51. The van der Waals surface area contributed by atoms with E-state index < -0.39 is 0 Å². The Morgan fingerprint density at radius 2 is 1.88 bits per heavy atom. The first-order chi connectivity index (χ1) is 7.44. The lowest BCUT2D eigenvalue weighted by Crippen LogP contribution is -2.66. The highest BCUT2D eigenvalue weighted by molar-refractivity contribution is 5.87. The zero-order valence-electron chi connectivity index (χ0n) is 10.2. The predicted octanol–water partition coefficient (Wildman–Crippen LogP) is 2.37. The summed E-state index contributed by atoms with van der Waals surface area (Å²) in [5.74, 6) is 0. The maximum Gasteiger partial charge on any atom is 0.421 e. The monoisotopic (exact) mass is 219 g/mol. The summed E-state index contributed by atoms with van der Waals surface area (Å²) in [4.78, 5) is 12.1. The number of quaternary nitrogens is 1. The molecule has 0 bridgehead atoms. The van der Waals surface area contributed by atoms with Gasteiger partial charge in [-0.05, 0) is 12.1 Å². The highest BCUT2D eigenvalue weighted by Gasteiger charge is 2.44. The highest BCUT2D eigenvalue weighted by Crippen LogP contribution is 2.30. The molecule has 1 unspecified atom stereocenters. The number of rotatable bonds is 1. The molecule has 1 saturated heterocycles. The Bertz CT molecular complexity index is 400. The van der Waals surface area contributed by atoms with Crippen molar-refractivity contribution in [2.24, 2.45) is 5.41 Å². The van der Waals surface area contributed by atoms with Crippen molar-refractivity contribution in [2.45, 2.75) is 13.8 Å². The number of benzene rings is 1. The number of amides is 2. The van der Waals surface area contributed by atoms with Crippen LogP contribution in [-0.4, -0.2) is 26.2 Å². The second kappa shape index (κ2) is 3.59. The number of nitrogens with one attached hydrogen (secondary N) is 1. The van der Waals surface area contributed by atoms with Gasteiger partial charge in [0.15, 0.2) is 0 Å². The fraction of sp³-hybridized carbons (Fsp3) is 0.462. The lowest BCUT2D eigenvalue weighted by atomic mass is 9.89. The van der Waals surface area contributed by atoms with Gasteiger partial charge in [0.05, 0.1) is 13.6 Å². The Hall–Kier alpha value is -1.35. The third kappa shape index (κ3) is 1.83. The summed E-state index contributed by atoms with van der Waals surface area (Å²) in [6.07, 6.45) is 0. The second-order valence-electron chi connectivity index (χ2n) is 5.51. The molecular formula is C13H19N2O+. The number of nitrogens with zero attached hydrogens (tertiary/aromatic N) is 1. The summed E-state index contributed by atoms with van der Waals surface area (Å²) in [5.41, 5.74) is 1.19. The molecule has 1 aromatic rings. The molecule has 16 heavy (non-hydrogen) atoms. The van der Waals surface area contributed by atoms with Gasteiger partial charge in [-0.25, -0.2) is 9.28 Å². The van der Waals surface area contributed by atoms with Gasteiger partial charge in [-0.1, -0.05) is 32.0 Å². The lowest BCUT2D eigenvalue weighted by molar-refractivity contribution is 0.154. The summed E-state index contributed by atoms with van der Waals surface area (Å²) in [5, 5.41) is 2.99. The Balaban J connectivity index is 2.39. The van der Waals surface area contributed by atoms with E-state index in [0.29, 0.717) is 4.48 Å². The minimum atomic E-state index is 0.0884.